The quantitative estimate of drug-likeness (QED) is 0.580. The van der Waals surface area contributed by atoms with E-state index in [2.05, 4.69) is 34.6 Å². The van der Waals surface area contributed by atoms with Crippen LogP contribution in [0, 0.1) is 6.92 Å². The van der Waals surface area contributed by atoms with Gasteiger partial charge in [0.15, 0.2) is 5.69 Å². The molecule has 5 heteroatoms. The number of ether oxygens (including phenoxy) is 1. The average molecular weight is 287 g/mol. The largest absolute Gasteiger partial charge is 0.461 e. The lowest BCUT2D eigenvalue weighted by Gasteiger charge is -2.04. The van der Waals surface area contributed by atoms with Crippen LogP contribution in [0.3, 0.4) is 0 Å². The Morgan fingerprint density at radius 3 is 2.71 bits per heavy atom. The molecular weight excluding hydrogens is 266 g/mol. The SMILES string of the molecule is CCOC(=O)c1nnn(CCCCc2ccccc2)c1C. The number of benzene rings is 1. The smallest absolute Gasteiger partial charge is 0.360 e. The van der Waals surface area contributed by atoms with Crippen molar-refractivity contribution in [2.24, 2.45) is 0 Å². The second kappa shape index (κ2) is 7.57. The number of nitrogens with zero attached hydrogens (tertiary/aromatic N) is 3. The highest BCUT2D eigenvalue weighted by molar-refractivity contribution is 5.88. The number of unbranched alkanes of at least 4 members (excludes halogenated alkanes) is 1. The lowest BCUT2D eigenvalue weighted by Crippen LogP contribution is -2.08. The van der Waals surface area contributed by atoms with Crippen molar-refractivity contribution in [3.05, 3.63) is 47.3 Å². The zero-order valence-corrected chi connectivity index (χ0v) is 12.6. The zero-order chi connectivity index (χ0) is 15.1. The summed E-state index contributed by atoms with van der Waals surface area (Å²) in [5, 5.41) is 7.94. The molecule has 1 aromatic heterocycles. The molecule has 5 nitrogen and oxygen atoms in total. The number of carbonyl (C=O) groups excluding carboxylic acids is 1. The van der Waals surface area contributed by atoms with Crippen molar-refractivity contribution < 1.29 is 9.53 Å². The lowest BCUT2D eigenvalue weighted by atomic mass is 10.1. The van der Waals surface area contributed by atoms with Crippen molar-refractivity contribution in [2.75, 3.05) is 6.61 Å². The predicted molar refractivity (Wildman–Crippen MR) is 80.1 cm³/mol. The van der Waals surface area contributed by atoms with Crippen molar-refractivity contribution in [1.29, 1.82) is 0 Å². The van der Waals surface area contributed by atoms with Crippen molar-refractivity contribution in [3.8, 4) is 0 Å². The summed E-state index contributed by atoms with van der Waals surface area (Å²) < 4.78 is 6.73. The van der Waals surface area contributed by atoms with Gasteiger partial charge in [-0.1, -0.05) is 35.5 Å². The highest BCUT2D eigenvalue weighted by Gasteiger charge is 2.16. The summed E-state index contributed by atoms with van der Waals surface area (Å²) in [5.41, 5.74) is 2.44. The Kier molecular flexibility index (Phi) is 5.49. The minimum absolute atomic E-state index is 0.319. The maximum Gasteiger partial charge on any atom is 0.360 e. The van der Waals surface area contributed by atoms with Crippen molar-refractivity contribution in [1.82, 2.24) is 15.0 Å². The van der Waals surface area contributed by atoms with Gasteiger partial charge in [-0.2, -0.15) is 0 Å². The van der Waals surface area contributed by atoms with E-state index in [1.807, 2.05) is 13.0 Å². The minimum atomic E-state index is -0.398. The molecule has 0 amide bonds. The van der Waals surface area contributed by atoms with Crippen LogP contribution in [-0.4, -0.2) is 27.6 Å². The fourth-order valence-electron chi connectivity index (χ4n) is 2.20. The van der Waals surface area contributed by atoms with E-state index in [0.29, 0.717) is 12.3 Å². The molecule has 1 aromatic carbocycles. The Hall–Kier alpha value is -2.17. The molecule has 21 heavy (non-hydrogen) atoms. The van der Waals surface area contributed by atoms with Crippen LogP contribution < -0.4 is 0 Å². The van der Waals surface area contributed by atoms with Gasteiger partial charge in [-0.3, -0.25) is 0 Å². The average Bonchev–Trinajstić information content (AvgIpc) is 2.86. The van der Waals surface area contributed by atoms with Crippen LogP contribution in [0.4, 0.5) is 0 Å². The third kappa shape index (κ3) is 4.15. The minimum Gasteiger partial charge on any atom is -0.461 e. The standard InChI is InChI=1S/C16H21N3O2/c1-3-21-16(20)15-13(2)19(18-17-15)12-8-7-11-14-9-5-4-6-10-14/h4-6,9-10H,3,7-8,11-12H2,1-2H3. The summed E-state index contributed by atoms with van der Waals surface area (Å²) in [7, 11) is 0. The molecule has 0 unspecified atom stereocenters. The summed E-state index contributed by atoms with van der Waals surface area (Å²) >= 11 is 0. The molecule has 0 aliphatic carbocycles. The second-order valence-corrected chi connectivity index (χ2v) is 4.91. The van der Waals surface area contributed by atoms with E-state index in [0.717, 1.165) is 31.5 Å². The van der Waals surface area contributed by atoms with Crippen LogP contribution in [0.1, 0.15) is 41.5 Å². The molecule has 0 radical (unpaired) electrons. The molecule has 0 atom stereocenters. The Morgan fingerprint density at radius 2 is 2.00 bits per heavy atom. The molecule has 2 rings (SSSR count). The number of aryl methyl sites for hydroxylation is 2. The molecule has 0 N–H and O–H groups in total. The summed E-state index contributed by atoms with van der Waals surface area (Å²) in [6, 6.07) is 10.4. The molecule has 0 bridgehead atoms. The summed E-state index contributed by atoms with van der Waals surface area (Å²) in [5.74, 6) is -0.398. The Balaban J connectivity index is 1.82. The van der Waals surface area contributed by atoms with Crippen LogP contribution in [0.2, 0.25) is 0 Å². The van der Waals surface area contributed by atoms with Gasteiger partial charge in [-0.25, -0.2) is 9.48 Å². The third-order valence-corrected chi connectivity index (χ3v) is 3.38. The number of hydrogen-bond acceptors (Lipinski definition) is 4. The first-order valence-corrected chi connectivity index (χ1v) is 7.33. The van der Waals surface area contributed by atoms with Crippen molar-refractivity contribution >= 4 is 5.97 Å². The van der Waals surface area contributed by atoms with Crippen molar-refractivity contribution in [2.45, 2.75) is 39.7 Å². The molecular formula is C16H21N3O2. The molecule has 0 saturated carbocycles. The third-order valence-electron chi connectivity index (χ3n) is 3.38. The number of aromatic nitrogens is 3. The monoisotopic (exact) mass is 287 g/mol. The number of carbonyl (C=O) groups is 1. The summed E-state index contributed by atoms with van der Waals surface area (Å²) in [4.78, 5) is 11.7. The van der Waals surface area contributed by atoms with Crippen LogP contribution in [0.5, 0.6) is 0 Å². The first kappa shape index (κ1) is 15.2. The molecule has 0 spiro atoms. The number of esters is 1. The summed E-state index contributed by atoms with van der Waals surface area (Å²) in [6.07, 6.45) is 3.14. The number of hydrogen-bond donors (Lipinski definition) is 0. The van der Waals surface area contributed by atoms with E-state index >= 15 is 0 Å². The topological polar surface area (TPSA) is 57.0 Å². The first-order valence-electron chi connectivity index (χ1n) is 7.33. The molecule has 0 saturated heterocycles. The Labute approximate surface area is 124 Å². The highest BCUT2D eigenvalue weighted by atomic mass is 16.5. The van der Waals surface area contributed by atoms with E-state index in [1.165, 1.54) is 5.56 Å². The number of rotatable bonds is 7. The fourth-order valence-corrected chi connectivity index (χ4v) is 2.20. The highest BCUT2D eigenvalue weighted by Crippen LogP contribution is 2.09. The van der Waals surface area contributed by atoms with Gasteiger partial charge in [0.2, 0.25) is 0 Å². The maximum absolute atomic E-state index is 11.7. The van der Waals surface area contributed by atoms with Gasteiger partial charge < -0.3 is 4.74 Å². The fraction of sp³-hybridized carbons (Fsp3) is 0.438. The van der Waals surface area contributed by atoms with E-state index in [4.69, 9.17) is 4.74 Å². The van der Waals surface area contributed by atoms with E-state index in [1.54, 1.807) is 11.6 Å². The maximum atomic E-state index is 11.7. The van der Waals surface area contributed by atoms with Crippen LogP contribution in [0.25, 0.3) is 0 Å². The van der Waals surface area contributed by atoms with Crippen molar-refractivity contribution in [3.63, 3.8) is 0 Å². The zero-order valence-electron chi connectivity index (χ0n) is 12.6. The summed E-state index contributed by atoms with van der Waals surface area (Å²) in [6.45, 7) is 4.75. The van der Waals surface area contributed by atoms with Gasteiger partial charge >= 0.3 is 5.97 Å². The van der Waals surface area contributed by atoms with Crippen LogP contribution >= 0.6 is 0 Å². The van der Waals surface area contributed by atoms with E-state index in [-0.39, 0.29) is 0 Å². The molecule has 1 heterocycles. The van der Waals surface area contributed by atoms with Gasteiger partial charge in [-0.15, -0.1) is 5.10 Å². The van der Waals surface area contributed by atoms with Crippen LogP contribution in [-0.2, 0) is 17.7 Å². The second-order valence-electron chi connectivity index (χ2n) is 4.91. The van der Waals surface area contributed by atoms with Gasteiger partial charge in [-0.05, 0) is 38.7 Å². The molecule has 2 aromatic rings. The van der Waals surface area contributed by atoms with Gasteiger partial charge in [0.05, 0.1) is 12.3 Å². The first-order chi connectivity index (χ1) is 10.2. The lowest BCUT2D eigenvalue weighted by molar-refractivity contribution is 0.0518. The molecule has 112 valence electrons. The molecule has 0 fully saturated rings. The normalized spacial score (nSPS) is 10.6. The van der Waals surface area contributed by atoms with Gasteiger partial charge in [0.25, 0.3) is 0 Å². The Morgan fingerprint density at radius 1 is 1.24 bits per heavy atom. The van der Waals surface area contributed by atoms with Gasteiger partial charge in [0, 0.05) is 6.54 Å². The molecule has 0 aliphatic rings. The van der Waals surface area contributed by atoms with E-state index in [9.17, 15) is 4.79 Å². The predicted octanol–water partition coefficient (Wildman–Crippen LogP) is 2.79. The van der Waals surface area contributed by atoms with E-state index < -0.39 is 5.97 Å². The van der Waals surface area contributed by atoms with Gasteiger partial charge in [0.1, 0.15) is 0 Å². The Bertz CT molecular complexity index is 578. The molecule has 0 aliphatic heterocycles. The van der Waals surface area contributed by atoms with Crippen LogP contribution in [0.15, 0.2) is 30.3 Å².